The van der Waals surface area contributed by atoms with Crippen molar-refractivity contribution in [2.24, 2.45) is 5.73 Å². The number of nitrogens with zero attached hydrogens (tertiary/aromatic N) is 4. The minimum atomic E-state index is -4.72. The number of carbonyl (C=O) groups is 1. The summed E-state index contributed by atoms with van der Waals surface area (Å²) < 4.78 is 43.2. The summed E-state index contributed by atoms with van der Waals surface area (Å²) in [4.78, 5) is 29.0. The van der Waals surface area contributed by atoms with E-state index >= 15 is 0 Å². The second kappa shape index (κ2) is 8.69. The van der Waals surface area contributed by atoms with Crippen molar-refractivity contribution in [2.45, 2.75) is 39.3 Å². The number of fused-ring (bicyclic) bond motifs is 1. The first kappa shape index (κ1) is 23.9. The molecular weight excluding hydrogens is 471 g/mol. The number of carbonyl (C=O) groups excluding carboxylic acids is 1. The zero-order chi connectivity index (χ0) is 25.8. The molecule has 10 heteroatoms. The summed E-state index contributed by atoms with van der Waals surface area (Å²) >= 11 is 0. The Labute approximate surface area is 205 Å². The van der Waals surface area contributed by atoms with Crippen molar-refractivity contribution in [1.29, 1.82) is 0 Å². The molecule has 36 heavy (non-hydrogen) atoms. The lowest BCUT2D eigenvalue weighted by atomic mass is 10.0. The summed E-state index contributed by atoms with van der Waals surface area (Å²) in [6, 6.07) is 8.65. The molecule has 3 aromatic rings. The molecule has 0 unspecified atom stereocenters. The lowest BCUT2D eigenvalue weighted by molar-refractivity contribution is -0.137. The molecule has 2 aliphatic rings. The van der Waals surface area contributed by atoms with Crippen molar-refractivity contribution in [3.8, 4) is 16.9 Å². The Morgan fingerprint density at radius 2 is 1.67 bits per heavy atom. The van der Waals surface area contributed by atoms with Crippen LogP contribution in [0.15, 0.2) is 41.2 Å². The first-order valence-corrected chi connectivity index (χ1v) is 11.8. The van der Waals surface area contributed by atoms with Crippen LogP contribution < -0.4 is 21.1 Å². The van der Waals surface area contributed by atoms with Gasteiger partial charge >= 0.3 is 12.2 Å². The molecule has 5 rings (SSSR count). The number of hydrogen-bond acceptors (Lipinski definition) is 4. The second-order valence-electron chi connectivity index (χ2n) is 9.40. The highest BCUT2D eigenvalue weighted by molar-refractivity contribution is 5.94. The van der Waals surface area contributed by atoms with E-state index in [0.29, 0.717) is 28.9 Å². The van der Waals surface area contributed by atoms with Crippen LogP contribution in [0.25, 0.3) is 16.9 Å². The molecular formula is C26H26F3N5O2. The van der Waals surface area contributed by atoms with Crippen molar-refractivity contribution in [3.63, 3.8) is 0 Å². The molecule has 0 radical (unpaired) electrons. The number of amides is 2. The van der Waals surface area contributed by atoms with Crippen molar-refractivity contribution in [1.82, 2.24) is 9.78 Å². The van der Waals surface area contributed by atoms with Crippen LogP contribution in [0.5, 0.6) is 0 Å². The molecule has 2 amide bonds. The molecule has 188 valence electrons. The van der Waals surface area contributed by atoms with Gasteiger partial charge in [-0.25, -0.2) is 4.79 Å². The smallest absolute Gasteiger partial charge is 0.371 e. The fraction of sp³-hybridized carbons (Fsp3) is 0.346. The summed E-state index contributed by atoms with van der Waals surface area (Å²) in [6.07, 6.45) is -2.51. The number of urea groups is 1. The Hall–Kier alpha value is -3.82. The fourth-order valence-corrected chi connectivity index (χ4v) is 5.23. The number of halogens is 3. The van der Waals surface area contributed by atoms with Crippen LogP contribution >= 0.6 is 0 Å². The molecule has 1 fully saturated rings. The van der Waals surface area contributed by atoms with Crippen molar-refractivity contribution < 1.29 is 18.0 Å². The molecule has 0 saturated carbocycles. The Bertz CT molecular complexity index is 1400. The van der Waals surface area contributed by atoms with Gasteiger partial charge in [0.05, 0.1) is 16.9 Å². The van der Waals surface area contributed by atoms with Gasteiger partial charge in [0, 0.05) is 36.4 Å². The van der Waals surface area contributed by atoms with Gasteiger partial charge < -0.3 is 10.6 Å². The standard InChI is InChI=1S/C26H26F3N5O2/c1-15-11-16(2)13-17(12-15)22-19-7-10-33(25(30)36)23(19)24(35)34(31-22)21-14-18(32-8-3-4-9-32)5-6-20(21)26(27,28)29/h5-6,11-14H,3-4,7-10H2,1-2H3,(H2,30,36). The second-order valence-corrected chi connectivity index (χ2v) is 9.40. The Kier molecular flexibility index (Phi) is 5.77. The van der Waals surface area contributed by atoms with Gasteiger partial charge in [-0.3, -0.25) is 9.69 Å². The number of alkyl halides is 3. The lowest BCUT2D eigenvalue weighted by Gasteiger charge is -2.22. The quantitative estimate of drug-likeness (QED) is 0.574. The third kappa shape index (κ3) is 4.10. The highest BCUT2D eigenvalue weighted by atomic mass is 19.4. The summed E-state index contributed by atoms with van der Waals surface area (Å²) in [5.41, 5.74) is 7.36. The largest absolute Gasteiger partial charge is 0.418 e. The average Bonchev–Trinajstić information content (AvgIpc) is 3.48. The van der Waals surface area contributed by atoms with E-state index in [1.807, 2.05) is 36.9 Å². The fourth-order valence-electron chi connectivity index (χ4n) is 5.23. The predicted octanol–water partition coefficient (Wildman–Crippen LogP) is 4.58. The minimum Gasteiger partial charge on any atom is -0.371 e. The first-order valence-electron chi connectivity index (χ1n) is 11.8. The maximum atomic E-state index is 14.1. The molecule has 0 bridgehead atoms. The van der Waals surface area contributed by atoms with Crippen molar-refractivity contribution in [3.05, 3.63) is 69.0 Å². The van der Waals surface area contributed by atoms with E-state index in [-0.39, 0.29) is 17.9 Å². The molecule has 0 spiro atoms. The van der Waals surface area contributed by atoms with Crippen molar-refractivity contribution in [2.75, 3.05) is 29.4 Å². The number of anilines is 2. The Balaban J connectivity index is 1.83. The molecule has 3 heterocycles. The third-order valence-corrected chi connectivity index (χ3v) is 6.77. The zero-order valence-electron chi connectivity index (χ0n) is 20.0. The van der Waals surface area contributed by atoms with Crippen LogP contribution in [0.2, 0.25) is 0 Å². The van der Waals surface area contributed by atoms with Gasteiger partial charge in [0.2, 0.25) is 0 Å². The summed E-state index contributed by atoms with van der Waals surface area (Å²) in [6.45, 7) is 5.41. The molecule has 0 atom stereocenters. The van der Waals surface area contributed by atoms with Gasteiger partial charge in [-0.15, -0.1) is 0 Å². The normalized spacial score (nSPS) is 15.5. The molecule has 2 aromatic carbocycles. The average molecular weight is 498 g/mol. The number of aromatic nitrogens is 2. The molecule has 1 saturated heterocycles. The van der Waals surface area contributed by atoms with Gasteiger partial charge in [0.15, 0.2) is 0 Å². The van der Waals surface area contributed by atoms with Crippen LogP contribution in [0.3, 0.4) is 0 Å². The van der Waals surface area contributed by atoms with E-state index < -0.39 is 23.3 Å². The van der Waals surface area contributed by atoms with E-state index in [2.05, 4.69) is 5.10 Å². The molecule has 1 aromatic heterocycles. The first-order chi connectivity index (χ1) is 17.0. The summed E-state index contributed by atoms with van der Waals surface area (Å²) in [5, 5.41) is 4.51. The number of hydrogen-bond donors (Lipinski definition) is 1. The highest BCUT2D eigenvalue weighted by Crippen LogP contribution is 2.38. The topological polar surface area (TPSA) is 84.5 Å². The Morgan fingerprint density at radius 3 is 2.28 bits per heavy atom. The maximum absolute atomic E-state index is 14.1. The van der Waals surface area contributed by atoms with E-state index in [4.69, 9.17) is 5.73 Å². The summed E-state index contributed by atoms with van der Waals surface area (Å²) in [7, 11) is 0. The molecule has 2 aliphatic heterocycles. The maximum Gasteiger partial charge on any atom is 0.418 e. The monoisotopic (exact) mass is 497 g/mol. The number of primary amides is 1. The van der Waals surface area contributed by atoms with Gasteiger partial charge in [-0.2, -0.15) is 23.0 Å². The minimum absolute atomic E-state index is 0.0219. The van der Waals surface area contributed by atoms with Crippen LogP contribution in [0, 0.1) is 13.8 Å². The number of rotatable bonds is 3. The predicted molar refractivity (Wildman–Crippen MR) is 132 cm³/mol. The van der Waals surface area contributed by atoms with Gasteiger partial charge in [-0.05, 0) is 63.4 Å². The van der Waals surface area contributed by atoms with Gasteiger partial charge in [0.1, 0.15) is 5.69 Å². The van der Waals surface area contributed by atoms with Crippen LogP contribution in [0.1, 0.15) is 35.1 Å². The van der Waals surface area contributed by atoms with Gasteiger partial charge in [-0.1, -0.05) is 17.2 Å². The molecule has 2 N–H and O–H groups in total. The number of benzene rings is 2. The van der Waals surface area contributed by atoms with Crippen LogP contribution in [0.4, 0.5) is 29.3 Å². The third-order valence-electron chi connectivity index (χ3n) is 6.77. The van der Waals surface area contributed by atoms with E-state index in [1.54, 1.807) is 0 Å². The SMILES string of the molecule is Cc1cc(C)cc(-c2nn(-c3cc(N4CCCC4)ccc3C(F)(F)F)c(=O)c3c2CCN3C(N)=O)c1. The van der Waals surface area contributed by atoms with Crippen molar-refractivity contribution >= 4 is 17.4 Å². The summed E-state index contributed by atoms with van der Waals surface area (Å²) in [5.74, 6) is 0. The number of nitrogens with two attached hydrogens (primary N) is 1. The number of aryl methyl sites for hydroxylation is 2. The lowest BCUT2D eigenvalue weighted by Crippen LogP contribution is -2.39. The van der Waals surface area contributed by atoms with Crippen LogP contribution in [-0.2, 0) is 12.6 Å². The zero-order valence-corrected chi connectivity index (χ0v) is 20.0. The van der Waals surface area contributed by atoms with E-state index in [1.165, 1.54) is 12.1 Å². The van der Waals surface area contributed by atoms with Gasteiger partial charge in [0.25, 0.3) is 5.56 Å². The molecule has 7 nitrogen and oxygen atoms in total. The highest BCUT2D eigenvalue weighted by Gasteiger charge is 2.37. The van der Waals surface area contributed by atoms with Crippen LogP contribution in [-0.4, -0.2) is 35.4 Å². The Morgan fingerprint density at radius 1 is 1.00 bits per heavy atom. The van der Waals surface area contributed by atoms with E-state index in [0.717, 1.165) is 52.7 Å². The van der Waals surface area contributed by atoms with E-state index in [9.17, 15) is 22.8 Å². The molecule has 0 aliphatic carbocycles.